The molecule has 0 radical (unpaired) electrons. The first-order chi connectivity index (χ1) is 29.0. The van der Waals surface area contributed by atoms with Crippen LogP contribution in [-0.2, 0) is 28.6 Å². The molecule has 0 fully saturated rings. The van der Waals surface area contributed by atoms with Gasteiger partial charge in [-0.25, -0.2) is 0 Å². The molecule has 0 aliphatic carbocycles. The minimum absolute atomic E-state index is 0.0736. The summed E-state index contributed by atoms with van der Waals surface area (Å²) < 4.78 is 16.8. The van der Waals surface area contributed by atoms with E-state index in [0.717, 1.165) is 96.3 Å². The average Bonchev–Trinajstić information content (AvgIpc) is 3.23. The van der Waals surface area contributed by atoms with Gasteiger partial charge in [0, 0.05) is 19.3 Å². The maximum absolute atomic E-state index is 12.8. The first-order valence-electron chi connectivity index (χ1n) is 25.5. The lowest BCUT2D eigenvalue weighted by atomic mass is 10.0. The molecule has 0 N–H and O–H groups in total. The number of carbonyl (C=O) groups excluding carboxylic acids is 3. The zero-order valence-electron chi connectivity index (χ0n) is 39.3. The van der Waals surface area contributed by atoms with Crippen molar-refractivity contribution in [1.82, 2.24) is 0 Å². The fraction of sp³-hybridized carbons (Fsp3) is 0.830. The largest absolute Gasteiger partial charge is 0.462 e. The van der Waals surface area contributed by atoms with E-state index in [4.69, 9.17) is 14.2 Å². The van der Waals surface area contributed by atoms with Gasteiger partial charge in [-0.05, 0) is 51.4 Å². The summed E-state index contributed by atoms with van der Waals surface area (Å²) in [6, 6.07) is 0. The van der Waals surface area contributed by atoms with E-state index >= 15 is 0 Å². The number of carbonyl (C=O) groups is 3. The molecular weight excluding hydrogens is 733 g/mol. The zero-order valence-corrected chi connectivity index (χ0v) is 39.3. The average molecular weight is 829 g/mol. The molecule has 0 saturated heterocycles. The van der Waals surface area contributed by atoms with Crippen molar-refractivity contribution in [2.75, 3.05) is 13.2 Å². The summed E-state index contributed by atoms with van der Waals surface area (Å²) in [6.45, 7) is 6.53. The molecule has 344 valence electrons. The van der Waals surface area contributed by atoms with Crippen molar-refractivity contribution in [2.24, 2.45) is 0 Å². The molecule has 6 nitrogen and oxygen atoms in total. The number of unbranched alkanes of at least 4 members (excludes halogenated alkanes) is 29. The van der Waals surface area contributed by atoms with Gasteiger partial charge in [-0.3, -0.25) is 14.4 Å². The van der Waals surface area contributed by atoms with Crippen LogP contribution in [0.3, 0.4) is 0 Å². The van der Waals surface area contributed by atoms with Gasteiger partial charge in [0.05, 0.1) is 0 Å². The van der Waals surface area contributed by atoms with Gasteiger partial charge >= 0.3 is 17.9 Å². The van der Waals surface area contributed by atoms with Crippen LogP contribution in [0.1, 0.15) is 265 Å². The van der Waals surface area contributed by atoms with Gasteiger partial charge < -0.3 is 14.2 Å². The quantitative estimate of drug-likeness (QED) is 0.0263. The number of allylic oxidation sites excluding steroid dienone is 6. The van der Waals surface area contributed by atoms with Crippen molar-refractivity contribution in [3.63, 3.8) is 0 Å². The molecule has 0 aromatic rings. The number of esters is 3. The number of ether oxygens (including phenoxy) is 3. The summed E-state index contributed by atoms with van der Waals surface area (Å²) >= 11 is 0. The third kappa shape index (κ3) is 46.5. The van der Waals surface area contributed by atoms with Gasteiger partial charge in [0.25, 0.3) is 0 Å². The second-order valence-electron chi connectivity index (χ2n) is 17.1. The lowest BCUT2D eigenvalue weighted by Crippen LogP contribution is -2.30. The summed E-state index contributed by atoms with van der Waals surface area (Å²) in [4.78, 5) is 37.9. The fourth-order valence-electron chi connectivity index (χ4n) is 7.34. The van der Waals surface area contributed by atoms with Crippen LogP contribution in [0.5, 0.6) is 0 Å². The molecule has 0 saturated carbocycles. The minimum Gasteiger partial charge on any atom is -0.462 e. The van der Waals surface area contributed by atoms with E-state index in [0.29, 0.717) is 19.3 Å². The van der Waals surface area contributed by atoms with Crippen LogP contribution >= 0.6 is 0 Å². The van der Waals surface area contributed by atoms with E-state index in [-0.39, 0.29) is 31.1 Å². The Balaban J connectivity index is 4.36. The van der Waals surface area contributed by atoms with Gasteiger partial charge in [-0.1, -0.05) is 231 Å². The molecule has 0 unspecified atom stereocenters. The molecule has 0 amide bonds. The standard InChI is InChI=1S/C53H96O6/c1-4-7-10-13-16-19-22-24-26-28-31-34-37-40-43-46-52(55)58-49-50(48-57-51(54)45-42-39-36-33-30-21-18-15-12-9-6-3)59-53(56)47-44-41-38-35-32-29-27-25-23-20-17-14-11-8-5-2/h7,10,16,19,24,26,50H,4-6,8-9,11-15,17-18,20-23,25,27-49H2,1-3H3/b10-7-,19-16-,26-24-/t50-/m0/s1. The Kier molecular flexibility index (Phi) is 46.4. The Morgan fingerprint density at radius 1 is 0.356 bits per heavy atom. The normalized spacial score (nSPS) is 12.3. The molecule has 0 aromatic carbocycles. The van der Waals surface area contributed by atoms with Crippen LogP contribution in [0.2, 0.25) is 0 Å². The van der Waals surface area contributed by atoms with Crippen LogP contribution in [0, 0.1) is 0 Å². The lowest BCUT2D eigenvalue weighted by Gasteiger charge is -2.18. The van der Waals surface area contributed by atoms with E-state index < -0.39 is 6.10 Å². The van der Waals surface area contributed by atoms with E-state index in [9.17, 15) is 14.4 Å². The highest BCUT2D eigenvalue weighted by molar-refractivity contribution is 5.71. The third-order valence-electron chi connectivity index (χ3n) is 11.2. The smallest absolute Gasteiger partial charge is 0.306 e. The molecular formula is C53H96O6. The topological polar surface area (TPSA) is 78.9 Å². The zero-order chi connectivity index (χ0) is 43.0. The summed E-state index contributed by atoms with van der Waals surface area (Å²) in [7, 11) is 0. The van der Waals surface area contributed by atoms with Crippen molar-refractivity contribution >= 4 is 17.9 Å². The summed E-state index contributed by atoms with van der Waals surface area (Å²) in [5, 5.41) is 0. The monoisotopic (exact) mass is 829 g/mol. The third-order valence-corrected chi connectivity index (χ3v) is 11.2. The maximum Gasteiger partial charge on any atom is 0.306 e. The lowest BCUT2D eigenvalue weighted by molar-refractivity contribution is -0.167. The molecule has 0 heterocycles. The van der Waals surface area contributed by atoms with Gasteiger partial charge in [0.1, 0.15) is 13.2 Å². The Hall–Kier alpha value is -2.37. The molecule has 0 spiro atoms. The highest BCUT2D eigenvalue weighted by atomic mass is 16.6. The SMILES string of the molecule is CC/C=C\C/C=C\C/C=C\CCCCCCCC(=O)OC[C@H](COC(=O)CCCCCCCCCCCCC)OC(=O)CCCCCCCCCCCCCCCCC. The fourth-order valence-corrected chi connectivity index (χ4v) is 7.34. The first-order valence-corrected chi connectivity index (χ1v) is 25.5. The van der Waals surface area contributed by atoms with Gasteiger partial charge in [-0.15, -0.1) is 0 Å². The van der Waals surface area contributed by atoms with Crippen LogP contribution in [0.15, 0.2) is 36.5 Å². The second-order valence-corrected chi connectivity index (χ2v) is 17.1. The van der Waals surface area contributed by atoms with Crippen LogP contribution in [0.4, 0.5) is 0 Å². The van der Waals surface area contributed by atoms with E-state index in [2.05, 4.69) is 57.2 Å². The highest BCUT2D eigenvalue weighted by Gasteiger charge is 2.19. The van der Waals surface area contributed by atoms with Gasteiger partial charge in [0.15, 0.2) is 6.10 Å². The summed E-state index contributed by atoms with van der Waals surface area (Å²) in [5.41, 5.74) is 0. The predicted molar refractivity (Wildman–Crippen MR) is 252 cm³/mol. The Bertz CT molecular complexity index is 1000. The summed E-state index contributed by atoms with van der Waals surface area (Å²) in [6.07, 6.45) is 55.5. The molecule has 0 aliphatic heterocycles. The van der Waals surface area contributed by atoms with E-state index in [1.807, 2.05) is 0 Å². The van der Waals surface area contributed by atoms with Gasteiger partial charge in [0.2, 0.25) is 0 Å². The molecule has 6 heteroatoms. The molecule has 0 aromatic heterocycles. The predicted octanol–water partition coefficient (Wildman–Crippen LogP) is 16.5. The number of hydrogen-bond acceptors (Lipinski definition) is 6. The van der Waals surface area contributed by atoms with Crippen molar-refractivity contribution < 1.29 is 28.6 Å². The molecule has 59 heavy (non-hydrogen) atoms. The minimum atomic E-state index is -0.773. The molecule has 0 aliphatic rings. The number of rotatable bonds is 46. The van der Waals surface area contributed by atoms with E-state index in [1.54, 1.807) is 0 Å². The second kappa shape index (κ2) is 48.3. The Morgan fingerprint density at radius 3 is 1.03 bits per heavy atom. The van der Waals surface area contributed by atoms with Crippen molar-refractivity contribution in [1.29, 1.82) is 0 Å². The van der Waals surface area contributed by atoms with Gasteiger partial charge in [-0.2, -0.15) is 0 Å². The van der Waals surface area contributed by atoms with Crippen LogP contribution < -0.4 is 0 Å². The van der Waals surface area contributed by atoms with Crippen molar-refractivity contribution in [3.8, 4) is 0 Å². The highest BCUT2D eigenvalue weighted by Crippen LogP contribution is 2.16. The molecule has 1 atom stereocenters. The maximum atomic E-state index is 12.8. The van der Waals surface area contributed by atoms with E-state index in [1.165, 1.54) is 128 Å². The molecule has 0 rings (SSSR count). The Morgan fingerprint density at radius 2 is 0.661 bits per heavy atom. The van der Waals surface area contributed by atoms with Crippen molar-refractivity contribution in [3.05, 3.63) is 36.5 Å². The number of hydrogen-bond donors (Lipinski definition) is 0. The van der Waals surface area contributed by atoms with Crippen LogP contribution in [0.25, 0.3) is 0 Å². The summed E-state index contributed by atoms with van der Waals surface area (Å²) in [5.74, 6) is -0.881. The van der Waals surface area contributed by atoms with Crippen LogP contribution in [-0.4, -0.2) is 37.2 Å². The molecule has 0 bridgehead atoms. The first kappa shape index (κ1) is 56.6. The Labute approximate surface area is 365 Å². The van der Waals surface area contributed by atoms with Crippen molar-refractivity contribution in [2.45, 2.75) is 271 Å².